The third-order valence-electron chi connectivity index (χ3n) is 2.17. The summed E-state index contributed by atoms with van der Waals surface area (Å²) in [5.74, 6) is 0.356. The highest BCUT2D eigenvalue weighted by Gasteiger charge is 2.12. The molecule has 18 heavy (non-hydrogen) atoms. The lowest BCUT2D eigenvalue weighted by Gasteiger charge is -2.04. The maximum absolute atomic E-state index is 11.6. The van der Waals surface area contributed by atoms with Crippen LogP contribution in [0.15, 0.2) is 17.5 Å². The summed E-state index contributed by atoms with van der Waals surface area (Å²) >= 11 is 6.60. The minimum Gasteiger partial charge on any atom is -0.341 e. The van der Waals surface area contributed by atoms with Gasteiger partial charge < -0.3 is 5.32 Å². The van der Waals surface area contributed by atoms with Crippen LogP contribution in [0.5, 0.6) is 0 Å². The number of nitriles is 1. The Morgan fingerprint density at radius 1 is 1.72 bits per heavy atom. The van der Waals surface area contributed by atoms with Crippen LogP contribution in [0.4, 0.5) is 0 Å². The van der Waals surface area contributed by atoms with Gasteiger partial charge in [-0.2, -0.15) is 10.4 Å². The van der Waals surface area contributed by atoms with Crippen LogP contribution in [0, 0.1) is 16.1 Å². The van der Waals surface area contributed by atoms with Crippen molar-refractivity contribution in [2.75, 3.05) is 6.54 Å². The van der Waals surface area contributed by atoms with Crippen LogP contribution >= 0.6 is 23.6 Å². The van der Waals surface area contributed by atoms with Crippen LogP contribution in [0.1, 0.15) is 0 Å². The van der Waals surface area contributed by atoms with Crippen LogP contribution in [0.3, 0.4) is 0 Å². The molecular formula is C10H9N5OS2. The van der Waals surface area contributed by atoms with Gasteiger partial charge in [0.2, 0.25) is 5.91 Å². The van der Waals surface area contributed by atoms with E-state index in [1.165, 1.54) is 11.3 Å². The molecule has 1 amide bonds. The molecule has 2 N–H and O–H groups in total. The molecule has 0 radical (unpaired) electrons. The van der Waals surface area contributed by atoms with E-state index in [0.29, 0.717) is 10.6 Å². The Labute approximate surface area is 112 Å². The normalized spacial score (nSPS) is 9.94. The Morgan fingerprint density at radius 2 is 2.56 bits per heavy atom. The van der Waals surface area contributed by atoms with Gasteiger partial charge in [-0.15, -0.1) is 11.3 Å². The van der Waals surface area contributed by atoms with E-state index in [4.69, 9.17) is 17.5 Å². The average molecular weight is 279 g/mol. The summed E-state index contributed by atoms with van der Waals surface area (Å²) in [5, 5.41) is 19.5. The first kappa shape index (κ1) is 12.5. The summed E-state index contributed by atoms with van der Waals surface area (Å²) in [5.41, 5.74) is 0. The number of thiophene rings is 1. The molecule has 2 heterocycles. The van der Waals surface area contributed by atoms with Crippen molar-refractivity contribution in [3.8, 4) is 16.8 Å². The Bertz CT molecular complexity index is 634. The second-order valence-corrected chi connectivity index (χ2v) is 4.69. The number of hydrogen-bond donors (Lipinski definition) is 2. The number of hydrogen-bond acceptors (Lipinski definition) is 5. The number of carbonyl (C=O) groups is 1. The zero-order chi connectivity index (χ0) is 13.0. The van der Waals surface area contributed by atoms with Gasteiger partial charge in [-0.05, 0) is 23.7 Å². The van der Waals surface area contributed by atoms with Gasteiger partial charge in [-0.1, -0.05) is 6.07 Å². The van der Waals surface area contributed by atoms with Crippen LogP contribution in [-0.4, -0.2) is 27.2 Å². The number of nitrogens with zero attached hydrogens (tertiary/aromatic N) is 3. The lowest BCUT2D eigenvalue weighted by molar-refractivity contribution is -0.121. The van der Waals surface area contributed by atoms with Gasteiger partial charge in [0.25, 0.3) is 0 Å². The van der Waals surface area contributed by atoms with E-state index in [2.05, 4.69) is 15.5 Å². The van der Waals surface area contributed by atoms with Crippen molar-refractivity contribution in [1.29, 1.82) is 5.26 Å². The van der Waals surface area contributed by atoms with Crippen molar-refractivity contribution in [3.05, 3.63) is 22.3 Å². The molecule has 0 saturated carbocycles. The van der Waals surface area contributed by atoms with E-state index < -0.39 is 0 Å². The van der Waals surface area contributed by atoms with E-state index in [9.17, 15) is 4.79 Å². The molecule has 0 aliphatic carbocycles. The summed E-state index contributed by atoms with van der Waals surface area (Å²) in [6.07, 6.45) is 0. The molecule has 2 aromatic heterocycles. The maximum Gasteiger partial charge on any atom is 0.240 e. The van der Waals surface area contributed by atoms with Gasteiger partial charge in [-0.25, -0.2) is 0 Å². The van der Waals surface area contributed by atoms with E-state index >= 15 is 0 Å². The van der Waals surface area contributed by atoms with Crippen molar-refractivity contribution in [2.24, 2.45) is 0 Å². The van der Waals surface area contributed by atoms with Crippen LogP contribution in [0.25, 0.3) is 10.7 Å². The minimum atomic E-state index is -0.271. The number of rotatable bonds is 4. The van der Waals surface area contributed by atoms with E-state index in [0.717, 1.165) is 4.88 Å². The fraction of sp³-hybridized carbons (Fsp3) is 0.200. The Morgan fingerprint density at radius 3 is 3.22 bits per heavy atom. The zero-order valence-electron chi connectivity index (χ0n) is 9.21. The SMILES string of the molecule is N#CCNC(=O)Cn1c(-c2cccs2)n[nH]c1=S. The second-order valence-electron chi connectivity index (χ2n) is 3.35. The predicted molar refractivity (Wildman–Crippen MR) is 69.3 cm³/mol. The van der Waals surface area contributed by atoms with Gasteiger partial charge in [-0.3, -0.25) is 14.5 Å². The summed E-state index contributed by atoms with van der Waals surface area (Å²) in [6, 6.07) is 5.65. The molecule has 2 rings (SSSR count). The van der Waals surface area contributed by atoms with Gasteiger partial charge in [0.05, 0.1) is 10.9 Å². The Kier molecular flexibility index (Phi) is 3.86. The topological polar surface area (TPSA) is 86.5 Å². The molecule has 0 aromatic carbocycles. The van der Waals surface area contributed by atoms with Crippen molar-refractivity contribution >= 4 is 29.5 Å². The molecule has 0 spiro atoms. The number of H-pyrrole nitrogens is 1. The number of amides is 1. The minimum absolute atomic E-state index is 0.0155. The van der Waals surface area contributed by atoms with Gasteiger partial charge in [0, 0.05) is 0 Å². The molecule has 2 aromatic rings. The standard InChI is InChI=1S/C10H9N5OS2/c11-3-4-12-8(16)6-15-9(13-14-10(15)17)7-2-1-5-18-7/h1-2,5H,4,6H2,(H,12,16)(H,14,17). The van der Waals surface area contributed by atoms with Gasteiger partial charge >= 0.3 is 0 Å². The molecule has 0 saturated heterocycles. The maximum atomic E-state index is 11.6. The highest BCUT2D eigenvalue weighted by Crippen LogP contribution is 2.22. The summed E-state index contributed by atoms with van der Waals surface area (Å²) in [4.78, 5) is 12.5. The lowest BCUT2D eigenvalue weighted by Crippen LogP contribution is -2.28. The van der Waals surface area contributed by atoms with Crippen LogP contribution < -0.4 is 5.32 Å². The first-order valence-corrected chi connectivity index (χ1v) is 6.34. The lowest BCUT2D eigenvalue weighted by atomic mass is 10.4. The average Bonchev–Trinajstić information content (AvgIpc) is 2.98. The number of aromatic amines is 1. The summed E-state index contributed by atoms with van der Waals surface area (Å²) < 4.78 is 1.99. The third-order valence-corrected chi connectivity index (χ3v) is 3.34. The summed E-state index contributed by atoms with van der Waals surface area (Å²) in [6.45, 7) is 0.0303. The van der Waals surface area contributed by atoms with Crippen LogP contribution in [-0.2, 0) is 11.3 Å². The Balaban J connectivity index is 2.23. The zero-order valence-corrected chi connectivity index (χ0v) is 10.8. The van der Waals surface area contributed by atoms with Crippen LogP contribution in [0.2, 0.25) is 0 Å². The smallest absolute Gasteiger partial charge is 0.240 e. The fourth-order valence-electron chi connectivity index (χ4n) is 1.40. The monoisotopic (exact) mass is 279 g/mol. The molecule has 6 nitrogen and oxygen atoms in total. The molecule has 0 aliphatic heterocycles. The highest BCUT2D eigenvalue weighted by atomic mass is 32.1. The summed E-state index contributed by atoms with van der Waals surface area (Å²) in [7, 11) is 0. The second kappa shape index (κ2) is 5.57. The van der Waals surface area contributed by atoms with E-state index in [1.807, 2.05) is 23.6 Å². The largest absolute Gasteiger partial charge is 0.341 e. The third kappa shape index (κ3) is 2.64. The number of carbonyl (C=O) groups excluding carboxylic acids is 1. The van der Waals surface area contributed by atoms with Gasteiger partial charge in [0.1, 0.15) is 13.1 Å². The van der Waals surface area contributed by atoms with E-state index in [-0.39, 0.29) is 19.0 Å². The molecule has 8 heteroatoms. The first-order chi connectivity index (χ1) is 8.72. The molecule has 0 atom stereocenters. The number of aromatic nitrogens is 3. The molecule has 0 aliphatic rings. The molecule has 0 fully saturated rings. The molecule has 92 valence electrons. The quantitative estimate of drug-likeness (QED) is 0.652. The molecule has 0 unspecified atom stereocenters. The highest BCUT2D eigenvalue weighted by molar-refractivity contribution is 7.71. The number of nitrogens with one attached hydrogen (secondary N) is 2. The van der Waals surface area contributed by atoms with E-state index in [1.54, 1.807) is 4.57 Å². The van der Waals surface area contributed by atoms with Crippen molar-refractivity contribution in [2.45, 2.75) is 6.54 Å². The predicted octanol–water partition coefficient (Wildman–Crippen LogP) is 1.31. The van der Waals surface area contributed by atoms with Crippen molar-refractivity contribution in [1.82, 2.24) is 20.1 Å². The molecule has 0 bridgehead atoms. The first-order valence-electron chi connectivity index (χ1n) is 5.05. The fourth-order valence-corrected chi connectivity index (χ4v) is 2.31. The molecular weight excluding hydrogens is 270 g/mol. The van der Waals surface area contributed by atoms with Gasteiger partial charge in [0.15, 0.2) is 10.6 Å². The van der Waals surface area contributed by atoms with Crippen molar-refractivity contribution < 1.29 is 4.79 Å². The van der Waals surface area contributed by atoms with Crippen molar-refractivity contribution in [3.63, 3.8) is 0 Å². The Hall–Kier alpha value is -1.98.